The number of aryl methyl sites for hydroxylation is 1. The van der Waals surface area contributed by atoms with Crippen LogP contribution >= 0.6 is 0 Å². The Labute approximate surface area is 141 Å². The third-order valence-electron chi connectivity index (χ3n) is 4.38. The van der Waals surface area contributed by atoms with Crippen molar-refractivity contribution in [3.8, 4) is 0 Å². The van der Waals surface area contributed by atoms with Crippen molar-refractivity contribution in [1.82, 2.24) is 29.7 Å². The van der Waals surface area contributed by atoms with E-state index in [1.807, 2.05) is 13.8 Å². The van der Waals surface area contributed by atoms with Crippen LogP contribution in [0.4, 0.5) is 0 Å². The summed E-state index contributed by atoms with van der Waals surface area (Å²) in [6.45, 7) is 7.57. The molecule has 0 saturated carbocycles. The summed E-state index contributed by atoms with van der Waals surface area (Å²) in [7, 11) is 0. The lowest BCUT2D eigenvalue weighted by Crippen LogP contribution is -2.34. The lowest BCUT2D eigenvalue weighted by molar-refractivity contribution is 0.0381. The molecule has 130 valence electrons. The molecule has 0 radical (unpaired) electrons. The van der Waals surface area contributed by atoms with E-state index in [1.165, 1.54) is 0 Å². The van der Waals surface area contributed by atoms with Gasteiger partial charge in [-0.1, -0.05) is 12.1 Å². The third-order valence-corrected chi connectivity index (χ3v) is 4.38. The smallest absolute Gasteiger partial charge is 0.257 e. The highest BCUT2D eigenvalue weighted by atomic mass is 16.3. The summed E-state index contributed by atoms with van der Waals surface area (Å²) >= 11 is 0. The van der Waals surface area contributed by atoms with Crippen molar-refractivity contribution in [2.75, 3.05) is 13.1 Å². The van der Waals surface area contributed by atoms with Crippen LogP contribution in [0.15, 0.2) is 18.6 Å². The Balaban J connectivity index is 1.72. The maximum atomic E-state index is 12.6. The fourth-order valence-corrected chi connectivity index (χ4v) is 2.93. The number of nitrogens with zero attached hydrogens (tertiary/aromatic N) is 6. The summed E-state index contributed by atoms with van der Waals surface area (Å²) < 4.78 is 3.48. The molecule has 0 unspecified atom stereocenters. The molecule has 1 saturated heterocycles. The summed E-state index contributed by atoms with van der Waals surface area (Å²) in [6.07, 6.45) is 6.53. The quantitative estimate of drug-likeness (QED) is 0.889. The first kappa shape index (κ1) is 16.6. The molecule has 0 bridgehead atoms. The van der Waals surface area contributed by atoms with E-state index >= 15 is 0 Å². The number of carbonyl (C=O) groups is 1. The molecule has 1 N–H and O–H groups in total. The predicted molar refractivity (Wildman–Crippen MR) is 87.3 cm³/mol. The molecule has 3 heterocycles. The van der Waals surface area contributed by atoms with Crippen molar-refractivity contribution in [2.24, 2.45) is 0 Å². The van der Waals surface area contributed by atoms with Gasteiger partial charge in [-0.2, -0.15) is 5.10 Å². The van der Waals surface area contributed by atoms with Crippen molar-refractivity contribution >= 4 is 5.91 Å². The second-order valence-electron chi connectivity index (χ2n) is 6.68. The molecular weight excluding hydrogens is 308 g/mol. The number of amides is 1. The number of likely N-dealkylation sites (tertiary alicyclic amines) is 1. The van der Waals surface area contributed by atoms with Crippen molar-refractivity contribution in [1.29, 1.82) is 0 Å². The summed E-state index contributed by atoms with van der Waals surface area (Å²) in [5, 5.41) is 23.2. The van der Waals surface area contributed by atoms with E-state index in [4.69, 9.17) is 0 Å². The van der Waals surface area contributed by atoms with Gasteiger partial charge in [0, 0.05) is 31.7 Å². The van der Waals surface area contributed by atoms with E-state index < -0.39 is 5.60 Å². The number of hydrogen-bond acceptors (Lipinski definition) is 5. The lowest BCUT2D eigenvalue weighted by Gasteiger charge is -2.20. The summed E-state index contributed by atoms with van der Waals surface area (Å²) in [5.41, 5.74) is -0.0610. The van der Waals surface area contributed by atoms with Crippen LogP contribution in [0, 0.1) is 0 Å². The van der Waals surface area contributed by atoms with Crippen molar-refractivity contribution < 1.29 is 9.90 Å². The predicted octanol–water partition coefficient (Wildman–Crippen LogP) is 1.20. The van der Waals surface area contributed by atoms with Crippen LogP contribution in [0.25, 0.3) is 0 Å². The van der Waals surface area contributed by atoms with Crippen molar-refractivity contribution in [2.45, 2.75) is 51.8 Å². The Morgan fingerprint density at radius 1 is 1.42 bits per heavy atom. The highest BCUT2D eigenvalue weighted by molar-refractivity contribution is 5.94. The average Bonchev–Trinajstić information content (AvgIpc) is 3.26. The van der Waals surface area contributed by atoms with Gasteiger partial charge in [0.1, 0.15) is 11.3 Å². The van der Waals surface area contributed by atoms with Gasteiger partial charge in [-0.15, -0.1) is 5.10 Å². The van der Waals surface area contributed by atoms with Gasteiger partial charge in [0.25, 0.3) is 5.91 Å². The molecule has 2 aromatic rings. The molecule has 1 atom stereocenters. The van der Waals surface area contributed by atoms with Crippen LogP contribution in [0.5, 0.6) is 0 Å². The van der Waals surface area contributed by atoms with Crippen LogP contribution in [0.2, 0.25) is 0 Å². The molecule has 8 nitrogen and oxygen atoms in total. The van der Waals surface area contributed by atoms with Gasteiger partial charge >= 0.3 is 0 Å². The molecule has 24 heavy (non-hydrogen) atoms. The third kappa shape index (κ3) is 3.06. The van der Waals surface area contributed by atoms with Gasteiger partial charge < -0.3 is 10.0 Å². The van der Waals surface area contributed by atoms with E-state index in [2.05, 4.69) is 22.3 Å². The lowest BCUT2D eigenvalue weighted by atomic mass is 10.00. The Morgan fingerprint density at radius 3 is 2.88 bits per heavy atom. The standard InChI is InChI=1S/C16H24N6O2/c1-4-6-21-9-13(8-17-21)15(23)20-7-5-16(24,11-20)14-10-22(12(2)3)19-18-14/h8-10,12,24H,4-7,11H2,1-3H3/t16-/m0/s1. The highest BCUT2D eigenvalue weighted by Gasteiger charge is 2.42. The molecule has 1 fully saturated rings. The molecule has 2 aromatic heterocycles. The van der Waals surface area contributed by atoms with Gasteiger partial charge in [0.15, 0.2) is 0 Å². The van der Waals surface area contributed by atoms with Crippen molar-refractivity contribution in [3.05, 3.63) is 29.8 Å². The molecular formula is C16H24N6O2. The molecule has 0 spiro atoms. The normalized spacial score (nSPS) is 21.0. The van der Waals surface area contributed by atoms with Gasteiger partial charge in [0.05, 0.1) is 24.5 Å². The first-order valence-electron chi connectivity index (χ1n) is 8.39. The largest absolute Gasteiger partial charge is 0.381 e. The van der Waals surface area contributed by atoms with Crippen LogP contribution < -0.4 is 0 Å². The SMILES string of the molecule is CCCn1cc(C(=O)N2CC[C@@](O)(c3cn(C(C)C)nn3)C2)cn1. The zero-order valence-electron chi connectivity index (χ0n) is 14.4. The van der Waals surface area contributed by atoms with Crippen LogP contribution in [0.3, 0.4) is 0 Å². The van der Waals surface area contributed by atoms with Crippen LogP contribution in [0.1, 0.15) is 55.7 Å². The zero-order chi connectivity index (χ0) is 17.3. The van der Waals surface area contributed by atoms with E-state index in [9.17, 15) is 9.90 Å². The van der Waals surface area contributed by atoms with Crippen molar-refractivity contribution in [3.63, 3.8) is 0 Å². The fourth-order valence-electron chi connectivity index (χ4n) is 2.93. The second-order valence-corrected chi connectivity index (χ2v) is 6.68. The minimum Gasteiger partial charge on any atom is -0.381 e. The molecule has 1 aliphatic heterocycles. The van der Waals surface area contributed by atoms with E-state index in [0.717, 1.165) is 13.0 Å². The second kappa shape index (κ2) is 6.35. The summed E-state index contributed by atoms with van der Waals surface area (Å²) in [6, 6.07) is 0.179. The minimum atomic E-state index is -1.14. The number of aromatic nitrogens is 5. The molecule has 3 rings (SSSR count). The molecule has 1 aliphatic rings. The van der Waals surface area contributed by atoms with E-state index in [0.29, 0.717) is 24.2 Å². The molecule has 1 amide bonds. The monoisotopic (exact) mass is 332 g/mol. The molecule has 0 aliphatic carbocycles. The van der Waals surface area contributed by atoms with Gasteiger partial charge in [-0.3, -0.25) is 9.48 Å². The Bertz CT molecular complexity index is 722. The number of hydrogen-bond donors (Lipinski definition) is 1. The summed E-state index contributed by atoms with van der Waals surface area (Å²) in [5.74, 6) is -0.107. The fraction of sp³-hybridized carbons (Fsp3) is 0.625. The number of aliphatic hydroxyl groups is 1. The first-order valence-corrected chi connectivity index (χ1v) is 8.39. The summed E-state index contributed by atoms with van der Waals surface area (Å²) in [4.78, 5) is 14.3. The van der Waals surface area contributed by atoms with Gasteiger partial charge in [-0.05, 0) is 20.3 Å². The Hall–Kier alpha value is -2.22. The Kier molecular flexibility index (Phi) is 4.40. The van der Waals surface area contributed by atoms with Crippen LogP contribution in [-0.4, -0.2) is 53.8 Å². The Morgan fingerprint density at radius 2 is 2.21 bits per heavy atom. The topological polar surface area (TPSA) is 89.1 Å². The zero-order valence-corrected chi connectivity index (χ0v) is 14.4. The number of carbonyl (C=O) groups excluding carboxylic acids is 1. The molecule has 0 aromatic carbocycles. The number of β-amino-alcohol motifs (C(OH)–C–C–N with tert-alkyl or cyclic N) is 1. The van der Waals surface area contributed by atoms with E-state index in [-0.39, 0.29) is 18.5 Å². The highest BCUT2D eigenvalue weighted by Crippen LogP contribution is 2.31. The minimum absolute atomic E-state index is 0.107. The van der Waals surface area contributed by atoms with Gasteiger partial charge in [-0.25, -0.2) is 4.68 Å². The maximum Gasteiger partial charge on any atom is 0.257 e. The first-order chi connectivity index (χ1) is 11.4. The number of rotatable bonds is 5. The van der Waals surface area contributed by atoms with Gasteiger partial charge in [0.2, 0.25) is 0 Å². The van der Waals surface area contributed by atoms with Crippen LogP contribution in [-0.2, 0) is 12.1 Å². The molecule has 8 heteroatoms. The average molecular weight is 332 g/mol. The van der Waals surface area contributed by atoms with E-state index in [1.54, 1.807) is 32.9 Å². The maximum absolute atomic E-state index is 12.6.